The minimum atomic E-state index is -0.234. The number of hydrogen-bond donors (Lipinski definition) is 1. The number of anilines is 1. The average Bonchev–Trinajstić information content (AvgIpc) is 3.12. The van der Waals surface area contributed by atoms with Gasteiger partial charge in [-0.05, 0) is 36.8 Å². The second kappa shape index (κ2) is 8.83. The predicted molar refractivity (Wildman–Crippen MR) is 117 cm³/mol. The highest BCUT2D eigenvalue weighted by atomic mass is 16.5. The molecule has 2 heterocycles. The van der Waals surface area contributed by atoms with E-state index in [0.717, 1.165) is 31.7 Å². The maximum Gasteiger partial charge on any atom is 0.302 e. The van der Waals surface area contributed by atoms with Crippen LogP contribution in [0.5, 0.6) is 5.88 Å². The van der Waals surface area contributed by atoms with Crippen LogP contribution in [0, 0.1) is 0 Å². The van der Waals surface area contributed by atoms with Crippen LogP contribution in [0.25, 0.3) is 0 Å². The van der Waals surface area contributed by atoms with Crippen molar-refractivity contribution in [3.63, 3.8) is 0 Å². The molecule has 1 aromatic carbocycles. The minimum Gasteiger partial charge on any atom is -0.474 e. The van der Waals surface area contributed by atoms with Gasteiger partial charge >= 0.3 is 5.97 Å². The maximum atomic E-state index is 11.8. The van der Waals surface area contributed by atoms with Crippen LogP contribution in [-0.2, 0) is 22.5 Å². The van der Waals surface area contributed by atoms with Gasteiger partial charge in [0.25, 0.3) is 0 Å². The fourth-order valence-corrected chi connectivity index (χ4v) is 4.97. The molecule has 7 nitrogen and oxygen atoms in total. The van der Waals surface area contributed by atoms with Crippen molar-refractivity contribution in [3.05, 3.63) is 47.8 Å². The van der Waals surface area contributed by atoms with Gasteiger partial charge < -0.3 is 14.8 Å². The van der Waals surface area contributed by atoms with E-state index in [0.29, 0.717) is 18.3 Å². The van der Waals surface area contributed by atoms with Crippen LogP contribution < -0.4 is 10.1 Å². The Morgan fingerprint density at radius 3 is 2.77 bits per heavy atom. The highest BCUT2D eigenvalue weighted by Gasteiger charge is 2.42. The Morgan fingerprint density at radius 2 is 2.00 bits per heavy atom. The van der Waals surface area contributed by atoms with Crippen LogP contribution in [0.15, 0.2) is 36.7 Å². The summed E-state index contributed by atoms with van der Waals surface area (Å²) in [6.07, 6.45) is 7.50. The van der Waals surface area contributed by atoms with Crippen molar-refractivity contribution in [2.45, 2.75) is 76.3 Å². The number of benzene rings is 1. The number of rotatable bonds is 6. The van der Waals surface area contributed by atoms with Gasteiger partial charge in [0, 0.05) is 45.0 Å². The first kappa shape index (κ1) is 20.2. The summed E-state index contributed by atoms with van der Waals surface area (Å²) in [5, 5.41) is 3.44. The number of carbonyl (C=O) groups is 1. The second-order valence-corrected chi connectivity index (χ2v) is 8.93. The minimum absolute atomic E-state index is 0.0435. The summed E-state index contributed by atoms with van der Waals surface area (Å²) in [6.45, 7) is 3.34. The number of esters is 1. The topological polar surface area (TPSA) is 76.6 Å². The van der Waals surface area contributed by atoms with Crippen LogP contribution in [0.4, 0.5) is 5.82 Å². The summed E-state index contributed by atoms with van der Waals surface area (Å²) in [6, 6.07) is 11.1. The van der Waals surface area contributed by atoms with Crippen LogP contribution in [0.1, 0.15) is 50.2 Å². The fourth-order valence-electron chi connectivity index (χ4n) is 4.97. The van der Waals surface area contributed by atoms with Crippen LogP contribution in [0.2, 0.25) is 0 Å². The fraction of sp³-hybridized carbons (Fsp3) is 0.542. The second-order valence-electron chi connectivity index (χ2n) is 8.93. The van der Waals surface area contributed by atoms with E-state index in [4.69, 9.17) is 9.47 Å². The van der Waals surface area contributed by atoms with Crippen molar-refractivity contribution in [2.75, 3.05) is 11.9 Å². The zero-order valence-electron chi connectivity index (χ0n) is 18.0. The molecule has 2 fully saturated rings. The average molecular weight is 423 g/mol. The molecule has 2 aliphatic carbocycles. The lowest BCUT2D eigenvalue weighted by Gasteiger charge is -2.36. The third-order valence-electron chi connectivity index (χ3n) is 6.76. The number of nitrogens with zero attached hydrogens (tertiary/aromatic N) is 3. The van der Waals surface area contributed by atoms with Gasteiger partial charge in [-0.15, -0.1) is 0 Å². The van der Waals surface area contributed by atoms with Gasteiger partial charge in [-0.25, -0.2) is 9.97 Å². The molecule has 1 aliphatic heterocycles. The normalized spacial score (nSPS) is 26.0. The third-order valence-corrected chi connectivity index (χ3v) is 6.76. The molecule has 0 bridgehead atoms. The molecule has 0 radical (unpaired) electrons. The van der Waals surface area contributed by atoms with Gasteiger partial charge in [0.05, 0.1) is 6.04 Å². The molecule has 3 aliphatic rings. The molecule has 1 aromatic heterocycles. The predicted octanol–water partition coefficient (Wildman–Crippen LogP) is 3.34. The van der Waals surface area contributed by atoms with E-state index in [1.165, 1.54) is 37.3 Å². The van der Waals surface area contributed by atoms with Crippen molar-refractivity contribution in [2.24, 2.45) is 0 Å². The molecule has 7 heteroatoms. The Bertz CT molecular complexity index is 933. The van der Waals surface area contributed by atoms with Gasteiger partial charge in [-0.3, -0.25) is 9.69 Å². The molecule has 2 aromatic rings. The number of nitrogens with one attached hydrogen (secondary N) is 1. The van der Waals surface area contributed by atoms with E-state index in [1.54, 1.807) is 6.33 Å². The van der Waals surface area contributed by atoms with Crippen molar-refractivity contribution in [1.29, 1.82) is 0 Å². The Morgan fingerprint density at radius 1 is 1.16 bits per heavy atom. The zero-order chi connectivity index (χ0) is 21.2. The molecule has 0 amide bonds. The highest BCUT2D eigenvalue weighted by molar-refractivity contribution is 5.66. The van der Waals surface area contributed by atoms with Gasteiger partial charge in [0.1, 0.15) is 24.4 Å². The van der Waals surface area contributed by atoms with E-state index < -0.39 is 0 Å². The van der Waals surface area contributed by atoms with E-state index in [1.807, 2.05) is 6.07 Å². The SMILES string of the molecule is CC(=O)O[C@H]1C[C@H](Oc2cc(NC3CCC3)ncn2)CC1N1CCc2ccccc2C1. The highest BCUT2D eigenvalue weighted by Crippen LogP contribution is 2.33. The van der Waals surface area contributed by atoms with Crippen LogP contribution in [-0.4, -0.2) is 51.7 Å². The zero-order valence-corrected chi connectivity index (χ0v) is 18.0. The standard InChI is InChI=1S/C24H30N4O3/c1-16(29)30-22-12-20(31-24-13-23(25-15-26-24)27-19-7-4-8-19)11-21(22)28-10-9-17-5-2-3-6-18(17)14-28/h2-3,5-6,13,15,19-22H,4,7-12,14H2,1H3,(H,25,26,27)/t20-,21?,22+/m1/s1. The molecule has 3 atom stereocenters. The lowest BCUT2D eigenvalue weighted by molar-refractivity contribution is -0.149. The molecule has 0 spiro atoms. The maximum absolute atomic E-state index is 11.8. The van der Waals surface area contributed by atoms with Gasteiger partial charge in [-0.1, -0.05) is 24.3 Å². The van der Waals surface area contributed by atoms with E-state index in [2.05, 4.69) is 44.5 Å². The molecular formula is C24H30N4O3. The number of carbonyl (C=O) groups excluding carboxylic acids is 1. The van der Waals surface area contributed by atoms with Gasteiger partial charge in [0.15, 0.2) is 0 Å². The van der Waals surface area contributed by atoms with E-state index in [-0.39, 0.29) is 24.2 Å². The molecule has 1 unspecified atom stereocenters. The van der Waals surface area contributed by atoms with Crippen molar-refractivity contribution < 1.29 is 14.3 Å². The van der Waals surface area contributed by atoms with Crippen LogP contribution >= 0.6 is 0 Å². The summed E-state index contributed by atoms with van der Waals surface area (Å²) in [4.78, 5) is 22.8. The number of hydrogen-bond acceptors (Lipinski definition) is 7. The molecule has 164 valence electrons. The monoisotopic (exact) mass is 422 g/mol. The number of ether oxygens (including phenoxy) is 2. The van der Waals surface area contributed by atoms with Crippen molar-refractivity contribution in [3.8, 4) is 5.88 Å². The number of aromatic nitrogens is 2. The first-order valence-electron chi connectivity index (χ1n) is 11.4. The van der Waals surface area contributed by atoms with E-state index in [9.17, 15) is 4.79 Å². The van der Waals surface area contributed by atoms with E-state index >= 15 is 0 Å². The Kier molecular flexibility index (Phi) is 5.76. The smallest absolute Gasteiger partial charge is 0.302 e. The lowest BCUT2D eigenvalue weighted by Crippen LogP contribution is -2.44. The summed E-state index contributed by atoms with van der Waals surface area (Å²) in [5.41, 5.74) is 2.78. The molecule has 5 rings (SSSR count). The largest absolute Gasteiger partial charge is 0.474 e. The molecule has 2 saturated carbocycles. The first-order chi connectivity index (χ1) is 15.1. The summed E-state index contributed by atoms with van der Waals surface area (Å²) < 4.78 is 12.0. The Hall–Kier alpha value is -2.67. The Balaban J connectivity index is 1.27. The molecule has 1 N–H and O–H groups in total. The van der Waals surface area contributed by atoms with Crippen molar-refractivity contribution in [1.82, 2.24) is 14.9 Å². The third kappa shape index (κ3) is 4.66. The first-order valence-corrected chi connectivity index (χ1v) is 11.4. The van der Waals surface area contributed by atoms with Gasteiger partial charge in [0.2, 0.25) is 5.88 Å². The van der Waals surface area contributed by atoms with Crippen molar-refractivity contribution >= 4 is 11.8 Å². The molecular weight excluding hydrogens is 392 g/mol. The summed E-state index contributed by atoms with van der Waals surface area (Å²) in [7, 11) is 0. The Labute approximate surface area is 183 Å². The molecule has 0 saturated heterocycles. The summed E-state index contributed by atoms with van der Waals surface area (Å²) in [5.74, 6) is 1.16. The van der Waals surface area contributed by atoms with Crippen LogP contribution in [0.3, 0.4) is 0 Å². The molecule has 31 heavy (non-hydrogen) atoms. The lowest BCUT2D eigenvalue weighted by atomic mass is 9.93. The van der Waals surface area contributed by atoms with Gasteiger partial charge in [-0.2, -0.15) is 0 Å². The quantitative estimate of drug-likeness (QED) is 0.716. The number of fused-ring (bicyclic) bond motifs is 1. The summed E-state index contributed by atoms with van der Waals surface area (Å²) >= 11 is 0.